The van der Waals surface area contributed by atoms with Crippen LogP contribution in [0.3, 0.4) is 0 Å². The van der Waals surface area contributed by atoms with Gasteiger partial charge in [-0.05, 0) is 85.3 Å². The summed E-state index contributed by atoms with van der Waals surface area (Å²) in [5, 5.41) is 0. The quantitative estimate of drug-likeness (QED) is 0.323. The molecule has 0 fully saturated rings. The van der Waals surface area contributed by atoms with Crippen LogP contribution in [0, 0.1) is 7.14 Å². The SMILES string of the molecule is CC(C)(C)c1ccc(I)cc1.CC(C)(C)c1ccccc1I. The zero-order chi connectivity index (χ0) is 17.0. The van der Waals surface area contributed by atoms with Crippen molar-refractivity contribution in [2.75, 3.05) is 0 Å². The van der Waals surface area contributed by atoms with E-state index in [-0.39, 0.29) is 10.8 Å². The highest BCUT2D eigenvalue weighted by atomic mass is 127. The van der Waals surface area contributed by atoms with Crippen LogP contribution in [0.4, 0.5) is 0 Å². The predicted octanol–water partition coefficient (Wildman–Crippen LogP) is 7.18. The van der Waals surface area contributed by atoms with Gasteiger partial charge in [0.2, 0.25) is 0 Å². The van der Waals surface area contributed by atoms with E-state index in [9.17, 15) is 0 Å². The van der Waals surface area contributed by atoms with Crippen LogP contribution < -0.4 is 0 Å². The topological polar surface area (TPSA) is 0 Å². The number of benzene rings is 2. The molecule has 0 atom stereocenters. The molecule has 0 heterocycles. The number of halogens is 2. The van der Waals surface area contributed by atoms with E-state index >= 15 is 0 Å². The Labute approximate surface area is 163 Å². The van der Waals surface area contributed by atoms with Crippen molar-refractivity contribution in [1.82, 2.24) is 0 Å². The monoisotopic (exact) mass is 520 g/mol. The number of hydrogen-bond donors (Lipinski definition) is 0. The van der Waals surface area contributed by atoms with Crippen molar-refractivity contribution < 1.29 is 0 Å². The van der Waals surface area contributed by atoms with Crippen LogP contribution in [0.15, 0.2) is 48.5 Å². The highest BCUT2D eigenvalue weighted by Gasteiger charge is 2.15. The summed E-state index contributed by atoms with van der Waals surface area (Å²) in [6.45, 7) is 13.4. The molecule has 2 rings (SSSR count). The Hall–Kier alpha value is -0.100. The van der Waals surface area contributed by atoms with Gasteiger partial charge in [0.25, 0.3) is 0 Å². The van der Waals surface area contributed by atoms with Gasteiger partial charge in [-0.25, -0.2) is 0 Å². The normalized spacial score (nSPS) is 11.6. The molecule has 2 aromatic rings. The molecule has 0 radical (unpaired) electrons. The molecule has 0 aromatic heterocycles. The van der Waals surface area contributed by atoms with Crippen molar-refractivity contribution in [3.8, 4) is 0 Å². The van der Waals surface area contributed by atoms with Crippen molar-refractivity contribution in [1.29, 1.82) is 0 Å². The molecule has 0 saturated heterocycles. The van der Waals surface area contributed by atoms with Gasteiger partial charge in [-0.15, -0.1) is 0 Å². The van der Waals surface area contributed by atoms with Gasteiger partial charge in [-0.1, -0.05) is 71.9 Å². The van der Waals surface area contributed by atoms with Crippen LogP contribution in [-0.4, -0.2) is 0 Å². The first kappa shape index (κ1) is 19.9. The lowest BCUT2D eigenvalue weighted by Crippen LogP contribution is -2.12. The Morgan fingerprint density at radius 1 is 0.636 bits per heavy atom. The van der Waals surface area contributed by atoms with Crippen LogP contribution in [-0.2, 0) is 10.8 Å². The zero-order valence-corrected chi connectivity index (χ0v) is 18.7. The van der Waals surface area contributed by atoms with Crippen molar-refractivity contribution in [3.05, 3.63) is 66.8 Å². The molecule has 0 bridgehead atoms. The van der Waals surface area contributed by atoms with E-state index in [1.807, 2.05) is 0 Å². The molecular weight excluding hydrogens is 494 g/mol. The highest BCUT2D eigenvalue weighted by Crippen LogP contribution is 2.26. The van der Waals surface area contributed by atoms with Gasteiger partial charge in [0.1, 0.15) is 0 Å². The summed E-state index contributed by atoms with van der Waals surface area (Å²) in [4.78, 5) is 0. The molecule has 0 N–H and O–H groups in total. The Kier molecular flexibility index (Phi) is 7.37. The van der Waals surface area contributed by atoms with E-state index in [2.05, 4.69) is 135 Å². The smallest absolute Gasteiger partial charge is 0.0167 e. The van der Waals surface area contributed by atoms with Gasteiger partial charge in [0, 0.05) is 7.14 Å². The Morgan fingerprint density at radius 2 is 1.14 bits per heavy atom. The largest absolute Gasteiger partial charge is 0.0619 e. The fraction of sp³-hybridized carbons (Fsp3) is 0.400. The maximum atomic E-state index is 2.39. The molecule has 120 valence electrons. The minimum absolute atomic E-state index is 0.276. The molecule has 0 aliphatic heterocycles. The summed E-state index contributed by atoms with van der Waals surface area (Å²) in [5.74, 6) is 0. The van der Waals surface area contributed by atoms with E-state index in [0.29, 0.717) is 0 Å². The average Bonchev–Trinajstić information content (AvgIpc) is 2.38. The van der Waals surface area contributed by atoms with Crippen molar-refractivity contribution in [2.24, 2.45) is 0 Å². The van der Waals surface area contributed by atoms with Crippen LogP contribution in [0.25, 0.3) is 0 Å². The second-order valence-electron chi connectivity index (χ2n) is 7.49. The summed E-state index contributed by atoms with van der Waals surface area (Å²) in [5.41, 5.74) is 3.39. The number of hydrogen-bond acceptors (Lipinski definition) is 0. The Balaban J connectivity index is 0.000000220. The van der Waals surface area contributed by atoms with Gasteiger partial charge >= 0.3 is 0 Å². The van der Waals surface area contributed by atoms with Crippen molar-refractivity contribution >= 4 is 45.2 Å². The third kappa shape index (κ3) is 6.57. The Bertz CT molecular complexity index is 584. The van der Waals surface area contributed by atoms with Crippen molar-refractivity contribution in [2.45, 2.75) is 52.4 Å². The van der Waals surface area contributed by atoms with Gasteiger partial charge in [-0.2, -0.15) is 0 Å². The summed E-state index contributed by atoms with van der Waals surface area (Å²) >= 11 is 4.71. The molecule has 0 aliphatic rings. The van der Waals surface area contributed by atoms with E-state index in [0.717, 1.165) is 0 Å². The van der Waals surface area contributed by atoms with E-state index in [4.69, 9.17) is 0 Å². The lowest BCUT2D eigenvalue weighted by molar-refractivity contribution is 0.587. The lowest BCUT2D eigenvalue weighted by atomic mass is 9.87. The van der Waals surface area contributed by atoms with Crippen molar-refractivity contribution in [3.63, 3.8) is 0 Å². The molecule has 0 amide bonds. The van der Waals surface area contributed by atoms with Crippen LogP contribution in [0.2, 0.25) is 0 Å². The maximum absolute atomic E-state index is 2.39. The molecule has 0 spiro atoms. The molecule has 0 aliphatic carbocycles. The molecule has 22 heavy (non-hydrogen) atoms. The van der Waals surface area contributed by atoms with Gasteiger partial charge in [0.15, 0.2) is 0 Å². The first-order chi connectivity index (χ1) is 10.0. The minimum atomic E-state index is 0.276. The third-order valence-corrected chi connectivity index (χ3v) is 5.05. The van der Waals surface area contributed by atoms with E-state index in [1.54, 1.807) is 0 Å². The fourth-order valence-electron chi connectivity index (χ4n) is 2.02. The molecule has 0 saturated carbocycles. The van der Waals surface area contributed by atoms with Crippen LogP contribution >= 0.6 is 45.2 Å². The average molecular weight is 520 g/mol. The van der Waals surface area contributed by atoms with E-state index < -0.39 is 0 Å². The lowest BCUT2D eigenvalue weighted by Gasteiger charge is -2.20. The summed E-state index contributed by atoms with van der Waals surface area (Å²) in [6.07, 6.45) is 0. The zero-order valence-electron chi connectivity index (χ0n) is 14.4. The maximum Gasteiger partial charge on any atom is 0.0167 e. The second kappa shape index (κ2) is 8.13. The molecule has 2 heteroatoms. The highest BCUT2D eigenvalue weighted by molar-refractivity contribution is 14.1. The number of rotatable bonds is 0. The Morgan fingerprint density at radius 3 is 1.50 bits per heavy atom. The molecular formula is C20H26I2. The third-order valence-electron chi connectivity index (χ3n) is 3.39. The summed E-state index contributed by atoms with van der Waals surface area (Å²) in [7, 11) is 0. The summed E-state index contributed by atoms with van der Waals surface area (Å²) < 4.78 is 2.66. The van der Waals surface area contributed by atoms with Crippen LogP contribution in [0.5, 0.6) is 0 Å². The standard InChI is InChI=1S/2C10H13I/c1-10(2,3)8-4-6-9(11)7-5-8;1-10(2,3)8-6-4-5-7-9(8)11/h2*4-7H,1-3H3. The van der Waals surface area contributed by atoms with Gasteiger partial charge < -0.3 is 0 Å². The second-order valence-corrected chi connectivity index (χ2v) is 9.89. The van der Waals surface area contributed by atoms with Crippen LogP contribution in [0.1, 0.15) is 52.7 Å². The summed E-state index contributed by atoms with van der Waals surface area (Å²) in [6, 6.07) is 17.2. The van der Waals surface area contributed by atoms with Gasteiger partial charge in [0.05, 0.1) is 0 Å². The predicted molar refractivity (Wildman–Crippen MR) is 116 cm³/mol. The van der Waals surface area contributed by atoms with E-state index in [1.165, 1.54) is 18.3 Å². The first-order valence-corrected chi connectivity index (χ1v) is 9.68. The molecule has 2 aromatic carbocycles. The first-order valence-electron chi connectivity index (χ1n) is 7.53. The molecule has 0 unspecified atom stereocenters. The molecule has 0 nitrogen and oxygen atoms in total. The minimum Gasteiger partial charge on any atom is -0.0619 e. The van der Waals surface area contributed by atoms with Gasteiger partial charge in [-0.3, -0.25) is 0 Å². The fourth-order valence-corrected chi connectivity index (χ4v) is 3.58.